The number of hydroxylamine groups is 2. The first kappa shape index (κ1) is 11.3. The van der Waals surface area contributed by atoms with Crippen LogP contribution in [-0.2, 0) is 4.84 Å². The van der Waals surface area contributed by atoms with Crippen LogP contribution in [0.4, 0.5) is 0 Å². The van der Waals surface area contributed by atoms with Crippen LogP contribution >= 0.6 is 0 Å². The molecule has 0 bridgehead atoms. The minimum absolute atomic E-state index is 0.266. The first-order valence-corrected chi connectivity index (χ1v) is 4.42. The Morgan fingerprint density at radius 2 is 2.20 bits per heavy atom. The van der Waals surface area contributed by atoms with E-state index in [1.165, 1.54) is 14.2 Å². The molecule has 0 radical (unpaired) electrons. The maximum absolute atomic E-state index is 11.7. The molecular weight excluding hydrogens is 191 g/mol. The Morgan fingerprint density at radius 1 is 1.53 bits per heavy atom. The van der Waals surface area contributed by atoms with E-state index in [1.807, 2.05) is 13.9 Å². The first-order valence-electron chi connectivity index (χ1n) is 4.42. The minimum Gasteiger partial charge on any atom is -0.274 e. The van der Waals surface area contributed by atoms with Gasteiger partial charge in [-0.05, 0) is 6.07 Å². The summed E-state index contributed by atoms with van der Waals surface area (Å²) < 4.78 is 0. The number of rotatable bonds is 2. The van der Waals surface area contributed by atoms with Crippen LogP contribution in [-0.4, -0.2) is 33.0 Å². The smallest absolute Gasteiger partial charge is 0.274 e. The zero-order valence-electron chi connectivity index (χ0n) is 8.94. The van der Waals surface area contributed by atoms with E-state index in [9.17, 15) is 4.79 Å². The lowest BCUT2D eigenvalue weighted by atomic mass is 9.92. The Balaban J connectivity index is 3.10. The molecule has 0 saturated heterocycles. The number of hydrogen-bond donors (Lipinski definition) is 0. The Hall–Kier alpha value is -1.80. The van der Waals surface area contributed by atoms with Crippen molar-refractivity contribution < 1.29 is 9.63 Å². The summed E-state index contributed by atoms with van der Waals surface area (Å²) in [5.41, 5.74) is 1.81. The molecule has 0 saturated carbocycles. The molecule has 0 heterocycles. The number of benzene rings is 1. The van der Waals surface area contributed by atoms with Gasteiger partial charge in [-0.25, -0.2) is 5.06 Å². The molecule has 0 unspecified atom stereocenters. The van der Waals surface area contributed by atoms with Crippen LogP contribution in [0.1, 0.15) is 15.9 Å². The number of carbonyl (C=O) groups excluding carboxylic acids is 1. The molecule has 0 aliphatic rings. The SMILES string of the molecule is Bc1cc(C#N)cc(C(=O)N(C)OC)c1. The summed E-state index contributed by atoms with van der Waals surface area (Å²) in [6.45, 7) is 0. The number of nitriles is 1. The van der Waals surface area contributed by atoms with Gasteiger partial charge in [-0.3, -0.25) is 9.63 Å². The summed E-state index contributed by atoms with van der Waals surface area (Å²) in [5.74, 6) is -0.266. The van der Waals surface area contributed by atoms with E-state index >= 15 is 0 Å². The van der Waals surface area contributed by atoms with Gasteiger partial charge >= 0.3 is 0 Å². The second-order valence-corrected chi connectivity index (χ2v) is 3.18. The number of amides is 1. The summed E-state index contributed by atoms with van der Waals surface area (Å²) >= 11 is 0. The van der Waals surface area contributed by atoms with E-state index in [1.54, 1.807) is 18.2 Å². The highest BCUT2D eigenvalue weighted by Crippen LogP contribution is 2.05. The van der Waals surface area contributed by atoms with Crippen molar-refractivity contribution in [3.05, 3.63) is 29.3 Å². The Morgan fingerprint density at radius 3 is 2.73 bits per heavy atom. The maximum atomic E-state index is 11.7. The lowest BCUT2D eigenvalue weighted by Gasteiger charge is -2.13. The quantitative estimate of drug-likeness (QED) is 0.477. The van der Waals surface area contributed by atoms with Gasteiger partial charge in [0, 0.05) is 12.6 Å². The molecule has 5 heteroatoms. The number of carbonyl (C=O) groups is 1. The van der Waals surface area contributed by atoms with Crippen molar-refractivity contribution in [1.82, 2.24) is 5.06 Å². The van der Waals surface area contributed by atoms with Gasteiger partial charge in [-0.2, -0.15) is 5.26 Å². The first-order chi connectivity index (χ1) is 7.08. The van der Waals surface area contributed by atoms with Crippen LogP contribution in [0.2, 0.25) is 0 Å². The van der Waals surface area contributed by atoms with Gasteiger partial charge in [0.25, 0.3) is 5.91 Å². The summed E-state index contributed by atoms with van der Waals surface area (Å²) in [6.07, 6.45) is 0. The predicted octanol–water partition coefficient (Wildman–Crippen LogP) is -0.550. The van der Waals surface area contributed by atoms with Gasteiger partial charge < -0.3 is 0 Å². The lowest BCUT2D eigenvalue weighted by Crippen LogP contribution is -2.26. The van der Waals surface area contributed by atoms with Gasteiger partial charge in [0.1, 0.15) is 7.85 Å². The van der Waals surface area contributed by atoms with E-state index in [2.05, 4.69) is 0 Å². The average Bonchev–Trinajstić information content (AvgIpc) is 2.26. The van der Waals surface area contributed by atoms with Crippen molar-refractivity contribution in [2.24, 2.45) is 0 Å². The maximum Gasteiger partial charge on any atom is 0.277 e. The highest BCUT2D eigenvalue weighted by molar-refractivity contribution is 6.32. The third kappa shape index (κ3) is 2.58. The van der Waals surface area contributed by atoms with Crippen molar-refractivity contribution in [2.75, 3.05) is 14.2 Å². The summed E-state index contributed by atoms with van der Waals surface area (Å²) in [5, 5.41) is 9.88. The Kier molecular flexibility index (Phi) is 3.48. The molecule has 1 rings (SSSR count). The molecule has 1 aromatic rings. The summed E-state index contributed by atoms with van der Waals surface area (Å²) in [6, 6.07) is 7.00. The van der Waals surface area contributed by atoms with Gasteiger partial charge in [-0.1, -0.05) is 17.6 Å². The number of hydrogen-bond acceptors (Lipinski definition) is 3. The van der Waals surface area contributed by atoms with E-state index in [4.69, 9.17) is 10.1 Å². The van der Waals surface area contributed by atoms with E-state index in [0.29, 0.717) is 11.1 Å². The largest absolute Gasteiger partial charge is 0.277 e. The Bertz CT molecular complexity index is 426. The van der Waals surface area contributed by atoms with Gasteiger partial charge in [0.15, 0.2) is 0 Å². The van der Waals surface area contributed by atoms with Crippen molar-refractivity contribution >= 4 is 19.2 Å². The predicted molar refractivity (Wildman–Crippen MR) is 58.4 cm³/mol. The van der Waals surface area contributed by atoms with Crippen molar-refractivity contribution in [2.45, 2.75) is 0 Å². The number of nitrogens with zero attached hydrogens (tertiary/aromatic N) is 2. The van der Waals surface area contributed by atoms with Crippen LogP contribution in [0.5, 0.6) is 0 Å². The van der Waals surface area contributed by atoms with Crippen LogP contribution < -0.4 is 5.46 Å². The Labute approximate surface area is 89.4 Å². The summed E-state index contributed by atoms with van der Waals surface area (Å²) in [7, 11) is 4.78. The highest BCUT2D eigenvalue weighted by atomic mass is 16.7. The van der Waals surface area contributed by atoms with E-state index < -0.39 is 0 Å². The molecule has 4 nitrogen and oxygen atoms in total. The van der Waals surface area contributed by atoms with E-state index in [0.717, 1.165) is 10.5 Å². The zero-order valence-corrected chi connectivity index (χ0v) is 8.94. The fourth-order valence-electron chi connectivity index (χ4n) is 1.24. The lowest BCUT2D eigenvalue weighted by molar-refractivity contribution is -0.0756. The van der Waals surface area contributed by atoms with Crippen molar-refractivity contribution in [1.29, 1.82) is 5.26 Å². The fraction of sp³-hybridized carbons (Fsp3) is 0.200. The van der Waals surface area contributed by atoms with Gasteiger partial charge in [-0.15, -0.1) is 0 Å². The molecule has 0 aromatic heterocycles. The van der Waals surface area contributed by atoms with Gasteiger partial charge in [0.05, 0.1) is 18.7 Å². The standard InChI is InChI=1S/C10H11BN2O2/c1-13(15-2)10(14)8-3-7(6-12)4-9(11)5-8/h3-5H,11H2,1-2H3. The highest BCUT2D eigenvalue weighted by Gasteiger charge is 2.12. The second-order valence-electron chi connectivity index (χ2n) is 3.18. The molecular formula is C10H11BN2O2. The molecule has 0 fully saturated rings. The second kappa shape index (κ2) is 4.62. The third-order valence-electron chi connectivity index (χ3n) is 2.01. The topological polar surface area (TPSA) is 53.3 Å². The molecule has 1 amide bonds. The molecule has 1 aromatic carbocycles. The monoisotopic (exact) mass is 202 g/mol. The van der Waals surface area contributed by atoms with Crippen LogP contribution in [0, 0.1) is 11.3 Å². The fourth-order valence-corrected chi connectivity index (χ4v) is 1.24. The molecule has 0 aliphatic heterocycles. The summed E-state index contributed by atoms with van der Waals surface area (Å²) in [4.78, 5) is 16.5. The minimum atomic E-state index is -0.266. The molecule has 15 heavy (non-hydrogen) atoms. The average molecular weight is 202 g/mol. The third-order valence-corrected chi connectivity index (χ3v) is 2.01. The molecule has 0 N–H and O–H groups in total. The van der Waals surface area contributed by atoms with E-state index in [-0.39, 0.29) is 5.91 Å². The molecule has 76 valence electrons. The van der Waals surface area contributed by atoms with Crippen LogP contribution in [0.25, 0.3) is 0 Å². The molecule has 0 spiro atoms. The normalized spacial score (nSPS) is 9.40. The molecule has 0 atom stereocenters. The van der Waals surface area contributed by atoms with Crippen LogP contribution in [0.15, 0.2) is 18.2 Å². The van der Waals surface area contributed by atoms with Crippen molar-refractivity contribution in [3.63, 3.8) is 0 Å². The molecule has 0 aliphatic carbocycles. The zero-order chi connectivity index (χ0) is 11.4. The van der Waals surface area contributed by atoms with Gasteiger partial charge in [0.2, 0.25) is 0 Å². The van der Waals surface area contributed by atoms with Crippen LogP contribution in [0.3, 0.4) is 0 Å². The van der Waals surface area contributed by atoms with Crippen molar-refractivity contribution in [3.8, 4) is 6.07 Å².